The summed E-state index contributed by atoms with van der Waals surface area (Å²) in [6.45, 7) is 12.9. The van der Waals surface area contributed by atoms with Gasteiger partial charge in [0.05, 0.1) is 22.8 Å². The quantitative estimate of drug-likeness (QED) is 0.293. The lowest BCUT2D eigenvalue weighted by Gasteiger charge is -2.24. The van der Waals surface area contributed by atoms with Crippen LogP contribution in [0.25, 0.3) is 6.08 Å². The summed E-state index contributed by atoms with van der Waals surface area (Å²) >= 11 is 1.57. The molecule has 1 aliphatic rings. The van der Waals surface area contributed by atoms with Crippen LogP contribution >= 0.6 is 11.3 Å². The number of nitrogens with two attached hydrogens (primary N) is 1. The van der Waals surface area contributed by atoms with Gasteiger partial charge in [-0.25, -0.2) is 4.99 Å². The molecular formula is C24H40N4O4S. The fourth-order valence-electron chi connectivity index (χ4n) is 3.45. The van der Waals surface area contributed by atoms with E-state index in [1.54, 1.807) is 11.3 Å². The number of nitrogens with zero attached hydrogens (tertiary/aromatic N) is 2. The fraction of sp³-hybridized carbons (Fsp3) is 0.667. The van der Waals surface area contributed by atoms with E-state index in [4.69, 9.17) is 15.2 Å². The maximum Gasteiger partial charge on any atom is 0.250 e. The van der Waals surface area contributed by atoms with Crippen molar-refractivity contribution < 1.29 is 19.4 Å². The standard InChI is InChI=1S/C24H40N4O4S/c1-6-10-28(11-7-2)22(29)17-13-20-19(27-21(25)14-17)15-18(33-20)16-31-12-8-9-26-23(30)32-24(3,4)5/h13,15,23,26,30H,6-12,14,16H2,1-5H3,(H2,25,27). The van der Waals surface area contributed by atoms with Crippen molar-refractivity contribution in [2.24, 2.45) is 10.7 Å². The van der Waals surface area contributed by atoms with E-state index in [1.807, 2.05) is 37.8 Å². The summed E-state index contributed by atoms with van der Waals surface area (Å²) in [7, 11) is 0. The van der Waals surface area contributed by atoms with Crippen LogP contribution in [0.3, 0.4) is 0 Å². The third-order valence-electron chi connectivity index (χ3n) is 4.78. The number of fused-ring (bicyclic) bond motifs is 1. The van der Waals surface area contributed by atoms with E-state index in [1.165, 1.54) is 0 Å². The molecule has 0 saturated heterocycles. The molecule has 1 aromatic rings. The number of rotatable bonds is 13. The van der Waals surface area contributed by atoms with Crippen molar-refractivity contribution in [3.05, 3.63) is 21.4 Å². The summed E-state index contributed by atoms with van der Waals surface area (Å²) in [4.78, 5) is 21.5. The van der Waals surface area contributed by atoms with Crippen molar-refractivity contribution in [3.8, 4) is 0 Å². The average molecular weight is 481 g/mol. The van der Waals surface area contributed by atoms with Gasteiger partial charge in [-0.2, -0.15) is 0 Å². The Hall–Kier alpha value is -1.78. The van der Waals surface area contributed by atoms with Crippen molar-refractivity contribution in [1.82, 2.24) is 10.2 Å². The molecule has 1 atom stereocenters. The Morgan fingerprint density at radius 1 is 1.33 bits per heavy atom. The molecule has 1 unspecified atom stereocenters. The highest BCUT2D eigenvalue weighted by Gasteiger charge is 2.22. The van der Waals surface area contributed by atoms with Gasteiger partial charge in [0.25, 0.3) is 0 Å². The Kier molecular flexibility index (Phi) is 11.0. The number of hydrogen-bond acceptors (Lipinski definition) is 8. The molecular weight excluding hydrogens is 440 g/mol. The Morgan fingerprint density at radius 2 is 2.03 bits per heavy atom. The Balaban J connectivity index is 1.90. The molecule has 0 saturated carbocycles. The van der Waals surface area contributed by atoms with Crippen LogP contribution in [0.4, 0.5) is 5.69 Å². The second kappa shape index (κ2) is 13.2. The molecule has 1 aliphatic heterocycles. The predicted octanol–water partition coefficient (Wildman–Crippen LogP) is 3.76. The number of aliphatic imine (C=N–C) groups is 1. The first-order chi connectivity index (χ1) is 15.6. The van der Waals surface area contributed by atoms with Gasteiger partial charge in [0.2, 0.25) is 12.3 Å². The maximum absolute atomic E-state index is 13.1. The normalized spacial score (nSPS) is 14.8. The van der Waals surface area contributed by atoms with E-state index in [0.717, 1.165) is 47.8 Å². The van der Waals surface area contributed by atoms with Crippen molar-refractivity contribution in [1.29, 1.82) is 0 Å². The Labute approximate surface area is 201 Å². The lowest BCUT2D eigenvalue weighted by molar-refractivity contribution is -0.181. The lowest BCUT2D eigenvalue weighted by Crippen LogP contribution is -2.38. The number of ether oxygens (including phenoxy) is 2. The average Bonchev–Trinajstić information content (AvgIpc) is 3.01. The summed E-state index contributed by atoms with van der Waals surface area (Å²) in [6.07, 6.45) is 3.90. The highest BCUT2D eigenvalue weighted by Crippen LogP contribution is 2.35. The van der Waals surface area contributed by atoms with Gasteiger partial charge >= 0.3 is 0 Å². The first kappa shape index (κ1) is 27.5. The maximum atomic E-state index is 13.1. The van der Waals surface area contributed by atoms with Crippen molar-refractivity contribution in [3.63, 3.8) is 0 Å². The molecule has 0 aliphatic carbocycles. The molecule has 1 amide bonds. The summed E-state index contributed by atoms with van der Waals surface area (Å²) in [6, 6.07) is 1.98. The molecule has 0 aromatic carbocycles. The molecule has 0 radical (unpaired) electrons. The van der Waals surface area contributed by atoms with E-state index in [2.05, 4.69) is 24.2 Å². The molecule has 8 nitrogen and oxygen atoms in total. The largest absolute Gasteiger partial charge is 0.387 e. The third kappa shape index (κ3) is 9.54. The molecule has 2 rings (SSSR count). The number of hydrogen-bond donors (Lipinski definition) is 3. The number of nitrogens with one attached hydrogen (secondary N) is 1. The van der Waals surface area contributed by atoms with E-state index in [0.29, 0.717) is 37.6 Å². The summed E-state index contributed by atoms with van der Waals surface area (Å²) in [5, 5.41) is 12.7. The third-order valence-corrected chi connectivity index (χ3v) is 5.82. The van der Waals surface area contributed by atoms with E-state index in [-0.39, 0.29) is 5.91 Å². The molecule has 0 fully saturated rings. The fourth-order valence-corrected chi connectivity index (χ4v) is 4.46. The number of amidine groups is 1. The van der Waals surface area contributed by atoms with Crippen LogP contribution in [-0.2, 0) is 20.9 Å². The van der Waals surface area contributed by atoms with Crippen LogP contribution in [0, 0.1) is 0 Å². The zero-order valence-electron chi connectivity index (χ0n) is 20.6. The van der Waals surface area contributed by atoms with Crippen molar-refractivity contribution >= 4 is 34.8 Å². The second-order valence-corrected chi connectivity index (χ2v) is 10.3. The van der Waals surface area contributed by atoms with Crippen LogP contribution in [-0.4, -0.2) is 60.0 Å². The van der Waals surface area contributed by atoms with Gasteiger partial charge in [-0.05, 0) is 52.2 Å². The Morgan fingerprint density at radius 3 is 2.67 bits per heavy atom. The number of aliphatic hydroxyl groups is 1. The van der Waals surface area contributed by atoms with Gasteiger partial charge in [0, 0.05) is 43.1 Å². The number of carbonyl (C=O) groups excluding carboxylic acids is 1. The summed E-state index contributed by atoms with van der Waals surface area (Å²) in [5.41, 5.74) is 7.20. The first-order valence-electron chi connectivity index (χ1n) is 11.8. The van der Waals surface area contributed by atoms with Crippen LogP contribution in [0.5, 0.6) is 0 Å². The van der Waals surface area contributed by atoms with Crippen LogP contribution in [0.2, 0.25) is 0 Å². The molecule has 9 heteroatoms. The highest BCUT2D eigenvalue weighted by molar-refractivity contribution is 7.13. The number of thiophene rings is 1. The number of amides is 1. The topological polar surface area (TPSA) is 109 Å². The molecule has 186 valence electrons. The molecule has 0 spiro atoms. The minimum absolute atomic E-state index is 0.0426. The van der Waals surface area contributed by atoms with Crippen molar-refractivity contribution in [2.45, 2.75) is 78.9 Å². The summed E-state index contributed by atoms with van der Waals surface area (Å²) < 4.78 is 11.2. The molecule has 2 heterocycles. The minimum atomic E-state index is -0.990. The van der Waals surface area contributed by atoms with Gasteiger partial charge in [0.15, 0.2) is 0 Å². The second-order valence-electron chi connectivity index (χ2n) is 9.15. The lowest BCUT2D eigenvalue weighted by atomic mass is 10.1. The zero-order chi connectivity index (χ0) is 24.4. The van der Waals surface area contributed by atoms with Gasteiger partial charge in [-0.3, -0.25) is 10.1 Å². The monoisotopic (exact) mass is 480 g/mol. The molecule has 33 heavy (non-hydrogen) atoms. The smallest absolute Gasteiger partial charge is 0.250 e. The number of aliphatic hydroxyl groups excluding tert-OH is 1. The van der Waals surface area contributed by atoms with Gasteiger partial charge in [-0.1, -0.05) is 13.8 Å². The van der Waals surface area contributed by atoms with Crippen molar-refractivity contribution in [2.75, 3.05) is 26.2 Å². The van der Waals surface area contributed by atoms with Gasteiger partial charge < -0.3 is 25.2 Å². The molecule has 1 aromatic heterocycles. The van der Waals surface area contributed by atoms with Crippen LogP contribution < -0.4 is 11.1 Å². The predicted molar refractivity (Wildman–Crippen MR) is 134 cm³/mol. The van der Waals surface area contributed by atoms with E-state index < -0.39 is 12.0 Å². The van der Waals surface area contributed by atoms with Crippen LogP contribution in [0.1, 0.15) is 70.1 Å². The minimum Gasteiger partial charge on any atom is -0.387 e. The van der Waals surface area contributed by atoms with Gasteiger partial charge in [0.1, 0.15) is 5.84 Å². The molecule has 0 bridgehead atoms. The summed E-state index contributed by atoms with van der Waals surface area (Å²) in [5.74, 6) is 0.495. The SMILES string of the molecule is CCCN(CCC)C(=O)C1=Cc2sc(COCCCNC(O)OC(C)(C)C)cc2N=C(N)C1. The molecule has 4 N–H and O–H groups in total. The van der Waals surface area contributed by atoms with E-state index in [9.17, 15) is 9.90 Å². The highest BCUT2D eigenvalue weighted by atomic mass is 32.1. The van der Waals surface area contributed by atoms with E-state index >= 15 is 0 Å². The Bertz CT molecular complexity index is 823. The van der Waals surface area contributed by atoms with Crippen LogP contribution in [0.15, 0.2) is 16.6 Å². The zero-order valence-corrected chi connectivity index (χ0v) is 21.5. The number of carbonyl (C=O) groups is 1. The first-order valence-corrected chi connectivity index (χ1v) is 12.6. The van der Waals surface area contributed by atoms with Gasteiger partial charge in [-0.15, -0.1) is 11.3 Å².